The second-order valence-corrected chi connectivity index (χ2v) is 6.42. The number of carbonyl (C=O) groups excluding carboxylic acids is 1. The molecule has 0 heterocycles. The number of sulfonamides is 1. The van der Waals surface area contributed by atoms with Crippen LogP contribution < -0.4 is 14.6 Å². The third-order valence-electron chi connectivity index (χ3n) is 3.07. The van der Waals surface area contributed by atoms with Crippen molar-refractivity contribution in [3.8, 4) is 5.75 Å². The molecule has 0 aliphatic heterocycles. The van der Waals surface area contributed by atoms with Crippen molar-refractivity contribution in [2.45, 2.75) is 11.8 Å². The third-order valence-corrected chi connectivity index (χ3v) is 4.43. The largest absolute Gasteiger partial charge is 0.545 e. The summed E-state index contributed by atoms with van der Waals surface area (Å²) in [6, 6.07) is 7.31. The molecule has 0 aliphatic carbocycles. The molecule has 2 aromatic carbocycles. The Labute approximate surface area is 132 Å². The molecule has 6 nitrogen and oxygen atoms in total. The SMILES string of the molecule is COc1ccc(C)cc1NS(=O)(=O)c1ccc(F)c(C(=O)[O-])c1. The summed E-state index contributed by atoms with van der Waals surface area (Å²) >= 11 is 0. The summed E-state index contributed by atoms with van der Waals surface area (Å²) < 4.78 is 45.4. The van der Waals surface area contributed by atoms with Crippen molar-refractivity contribution < 1.29 is 27.4 Å². The Morgan fingerprint density at radius 2 is 1.91 bits per heavy atom. The molecule has 0 aromatic heterocycles. The van der Waals surface area contributed by atoms with E-state index in [0.29, 0.717) is 11.8 Å². The number of hydrogen-bond acceptors (Lipinski definition) is 5. The topological polar surface area (TPSA) is 95.5 Å². The zero-order valence-electron chi connectivity index (χ0n) is 12.3. The molecular formula is C15H13FNO5S-. The van der Waals surface area contributed by atoms with Crippen molar-refractivity contribution in [1.29, 1.82) is 0 Å². The van der Waals surface area contributed by atoms with Gasteiger partial charge in [0.25, 0.3) is 10.0 Å². The van der Waals surface area contributed by atoms with E-state index in [2.05, 4.69) is 4.72 Å². The second-order valence-electron chi connectivity index (χ2n) is 4.74. The molecule has 2 aromatic rings. The lowest BCUT2D eigenvalue weighted by Gasteiger charge is -2.13. The fourth-order valence-electron chi connectivity index (χ4n) is 1.93. The van der Waals surface area contributed by atoms with E-state index in [0.717, 1.165) is 17.7 Å². The highest BCUT2D eigenvalue weighted by Crippen LogP contribution is 2.28. The third kappa shape index (κ3) is 3.59. The Balaban J connectivity index is 2.46. The first kappa shape index (κ1) is 16.8. The molecular weight excluding hydrogens is 325 g/mol. The highest BCUT2D eigenvalue weighted by molar-refractivity contribution is 7.92. The van der Waals surface area contributed by atoms with Gasteiger partial charge in [-0.1, -0.05) is 6.07 Å². The predicted octanol–water partition coefficient (Wildman–Crippen LogP) is 1.31. The van der Waals surface area contributed by atoms with Crippen LogP contribution in [-0.4, -0.2) is 21.5 Å². The van der Waals surface area contributed by atoms with E-state index in [1.165, 1.54) is 7.11 Å². The molecule has 0 spiro atoms. The van der Waals surface area contributed by atoms with Crippen molar-refractivity contribution in [1.82, 2.24) is 0 Å². The van der Waals surface area contributed by atoms with Crippen LogP contribution in [0.3, 0.4) is 0 Å². The number of aromatic carboxylic acids is 1. The molecule has 0 unspecified atom stereocenters. The number of ether oxygens (including phenoxy) is 1. The summed E-state index contributed by atoms with van der Waals surface area (Å²) in [6.07, 6.45) is 0. The number of rotatable bonds is 5. The molecule has 0 amide bonds. The first-order valence-electron chi connectivity index (χ1n) is 6.43. The van der Waals surface area contributed by atoms with E-state index in [4.69, 9.17) is 4.74 Å². The molecule has 1 N–H and O–H groups in total. The molecule has 0 bridgehead atoms. The number of methoxy groups -OCH3 is 1. The molecule has 0 saturated carbocycles. The summed E-state index contributed by atoms with van der Waals surface area (Å²) in [7, 11) is -2.74. The van der Waals surface area contributed by atoms with Gasteiger partial charge in [0.1, 0.15) is 11.6 Å². The van der Waals surface area contributed by atoms with Crippen LogP contribution in [0.2, 0.25) is 0 Å². The molecule has 23 heavy (non-hydrogen) atoms. The van der Waals surface area contributed by atoms with Gasteiger partial charge >= 0.3 is 0 Å². The van der Waals surface area contributed by atoms with Crippen LogP contribution in [0.5, 0.6) is 5.75 Å². The number of carboxylic acid groups (broad SMARTS) is 1. The second kappa shape index (κ2) is 6.25. The van der Waals surface area contributed by atoms with Gasteiger partial charge in [-0.05, 0) is 42.8 Å². The number of benzene rings is 2. The van der Waals surface area contributed by atoms with Gasteiger partial charge in [0.05, 0.1) is 23.7 Å². The number of halogens is 1. The Morgan fingerprint density at radius 1 is 1.22 bits per heavy atom. The van der Waals surface area contributed by atoms with Crippen LogP contribution >= 0.6 is 0 Å². The van der Waals surface area contributed by atoms with E-state index >= 15 is 0 Å². The van der Waals surface area contributed by atoms with Crippen LogP contribution in [0.25, 0.3) is 0 Å². The Hall–Kier alpha value is -2.61. The minimum atomic E-state index is -4.12. The molecule has 0 radical (unpaired) electrons. The lowest BCUT2D eigenvalue weighted by Crippen LogP contribution is -2.24. The van der Waals surface area contributed by atoms with E-state index in [-0.39, 0.29) is 5.69 Å². The summed E-state index contributed by atoms with van der Waals surface area (Å²) in [6.45, 7) is 1.77. The number of carbonyl (C=O) groups is 1. The quantitative estimate of drug-likeness (QED) is 0.887. The van der Waals surface area contributed by atoms with E-state index in [9.17, 15) is 22.7 Å². The number of anilines is 1. The van der Waals surface area contributed by atoms with Crippen molar-refractivity contribution in [2.24, 2.45) is 0 Å². The summed E-state index contributed by atoms with van der Waals surface area (Å²) in [4.78, 5) is 10.4. The molecule has 0 aliphatic rings. The number of nitrogens with one attached hydrogen (secondary N) is 1. The smallest absolute Gasteiger partial charge is 0.262 e. The van der Waals surface area contributed by atoms with E-state index in [1.54, 1.807) is 25.1 Å². The van der Waals surface area contributed by atoms with Crippen molar-refractivity contribution in [3.05, 3.63) is 53.3 Å². The monoisotopic (exact) mass is 338 g/mol. The average Bonchev–Trinajstić information content (AvgIpc) is 2.47. The fourth-order valence-corrected chi connectivity index (χ4v) is 3.02. The van der Waals surface area contributed by atoms with Gasteiger partial charge in [0.2, 0.25) is 0 Å². The van der Waals surface area contributed by atoms with Gasteiger partial charge in [-0.2, -0.15) is 0 Å². The fraction of sp³-hybridized carbons (Fsp3) is 0.133. The molecule has 0 atom stereocenters. The van der Waals surface area contributed by atoms with Gasteiger partial charge in [-0.3, -0.25) is 4.72 Å². The van der Waals surface area contributed by atoms with E-state index in [1.807, 2.05) is 0 Å². The summed E-state index contributed by atoms with van der Waals surface area (Å²) in [5.41, 5.74) is 0.147. The molecule has 0 fully saturated rings. The lowest BCUT2D eigenvalue weighted by molar-refractivity contribution is -0.255. The normalized spacial score (nSPS) is 11.1. The average molecular weight is 338 g/mol. The first-order valence-corrected chi connectivity index (χ1v) is 7.91. The Kier molecular flexibility index (Phi) is 4.55. The maximum absolute atomic E-state index is 13.4. The minimum absolute atomic E-state index is 0.187. The standard InChI is InChI=1S/C15H14FNO5S/c1-9-3-6-14(22-2)13(7-9)17-23(20,21)10-4-5-12(16)11(8-10)15(18)19/h3-8,17H,1-2H3,(H,18,19)/p-1. The van der Waals surface area contributed by atoms with Gasteiger partial charge in [-0.25, -0.2) is 12.8 Å². The van der Waals surface area contributed by atoms with Crippen molar-refractivity contribution in [3.63, 3.8) is 0 Å². The Bertz CT molecular complexity index is 864. The zero-order valence-corrected chi connectivity index (χ0v) is 13.1. The van der Waals surface area contributed by atoms with Crippen LogP contribution in [0.1, 0.15) is 15.9 Å². The Morgan fingerprint density at radius 3 is 2.52 bits per heavy atom. The van der Waals surface area contributed by atoms with Gasteiger partial charge < -0.3 is 14.6 Å². The number of aryl methyl sites for hydroxylation is 1. The summed E-state index contributed by atoms with van der Waals surface area (Å²) in [5, 5.41) is 10.8. The minimum Gasteiger partial charge on any atom is -0.545 e. The highest BCUT2D eigenvalue weighted by atomic mass is 32.2. The summed E-state index contributed by atoms with van der Waals surface area (Å²) in [5.74, 6) is -2.58. The van der Waals surface area contributed by atoms with Crippen LogP contribution in [0.15, 0.2) is 41.3 Å². The molecule has 2 rings (SSSR count). The van der Waals surface area contributed by atoms with Crippen LogP contribution in [0.4, 0.5) is 10.1 Å². The van der Waals surface area contributed by atoms with Crippen molar-refractivity contribution >= 4 is 21.7 Å². The number of hydrogen-bond donors (Lipinski definition) is 1. The van der Waals surface area contributed by atoms with Crippen LogP contribution in [0, 0.1) is 12.7 Å². The van der Waals surface area contributed by atoms with Gasteiger partial charge in [0, 0.05) is 5.56 Å². The number of carboxylic acids is 1. The van der Waals surface area contributed by atoms with E-state index < -0.39 is 32.3 Å². The van der Waals surface area contributed by atoms with Crippen LogP contribution in [-0.2, 0) is 10.0 Å². The first-order chi connectivity index (χ1) is 10.7. The maximum Gasteiger partial charge on any atom is 0.262 e. The van der Waals surface area contributed by atoms with Gasteiger partial charge in [-0.15, -0.1) is 0 Å². The highest BCUT2D eigenvalue weighted by Gasteiger charge is 2.19. The predicted molar refractivity (Wildman–Crippen MR) is 79.3 cm³/mol. The molecule has 8 heteroatoms. The van der Waals surface area contributed by atoms with Gasteiger partial charge in [0.15, 0.2) is 0 Å². The maximum atomic E-state index is 13.4. The molecule has 0 saturated heterocycles. The van der Waals surface area contributed by atoms with Crippen molar-refractivity contribution in [2.75, 3.05) is 11.8 Å². The zero-order chi connectivity index (χ0) is 17.2. The lowest BCUT2D eigenvalue weighted by atomic mass is 10.2. The molecule has 122 valence electrons.